The van der Waals surface area contributed by atoms with Gasteiger partial charge in [-0.3, -0.25) is 4.79 Å². The molecule has 5 heteroatoms. The number of fused-ring (bicyclic) bond motifs is 1. The Morgan fingerprint density at radius 1 is 1.28 bits per heavy atom. The van der Waals surface area contributed by atoms with Gasteiger partial charge in [0, 0.05) is 40.2 Å². The number of carbonyl (C=O) groups excluding carboxylic acids is 1. The van der Waals surface area contributed by atoms with Gasteiger partial charge in [-0.05, 0) is 54.7 Å². The number of nitrogens with zero attached hydrogens (tertiary/aromatic N) is 2. The average Bonchev–Trinajstić information content (AvgIpc) is 2.86. The van der Waals surface area contributed by atoms with Crippen LogP contribution in [0, 0.1) is 6.92 Å². The minimum Gasteiger partial charge on any atom is -0.352 e. The molecule has 0 radical (unpaired) electrons. The maximum Gasteiger partial charge on any atom is 0.240 e. The summed E-state index contributed by atoms with van der Waals surface area (Å²) in [5.74, 6) is 0.114. The zero-order valence-electron chi connectivity index (χ0n) is 15.2. The summed E-state index contributed by atoms with van der Waals surface area (Å²) >= 11 is 3.66. The molecule has 1 aromatic heterocycles. The Morgan fingerprint density at radius 2 is 2.00 bits per heavy atom. The van der Waals surface area contributed by atoms with Gasteiger partial charge < -0.3 is 14.8 Å². The Labute approximate surface area is 158 Å². The van der Waals surface area contributed by atoms with Crippen molar-refractivity contribution in [2.24, 2.45) is 0 Å². The highest BCUT2D eigenvalue weighted by molar-refractivity contribution is 9.10. The molecule has 136 valence electrons. The van der Waals surface area contributed by atoms with Crippen LogP contribution in [0.25, 0.3) is 10.9 Å². The highest BCUT2D eigenvalue weighted by Crippen LogP contribution is 2.30. The van der Waals surface area contributed by atoms with E-state index in [1.54, 1.807) is 0 Å². The van der Waals surface area contributed by atoms with E-state index in [0.29, 0.717) is 12.6 Å². The number of amides is 1. The smallest absolute Gasteiger partial charge is 0.240 e. The zero-order chi connectivity index (χ0) is 17.8. The Morgan fingerprint density at radius 3 is 2.72 bits per heavy atom. The number of para-hydroxylation sites is 1. The van der Waals surface area contributed by atoms with Crippen molar-refractivity contribution in [3.63, 3.8) is 0 Å². The minimum absolute atomic E-state index is 0.114. The molecule has 1 aromatic carbocycles. The summed E-state index contributed by atoms with van der Waals surface area (Å²) in [6.07, 6.45) is 4.64. The van der Waals surface area contributed by atoms with E-state index in [0.717, 1.165) is 47.0 Å². The topological polar surface area (TPSA) is 37.3 Å². The van der Waals surface area contributed by atoms with Crippen LogP contribution in [0.15, 0.2) is 28.7 Å². The Bertz CT molecular complexity index is 732. The monoisotopic (exact) mass is 405 g/mol. The summed E-state index contributed by atoms with van der Waals surface area (Å²) in [7, 11) is 0. The highest BCUT2D eigenvalue weighted by Gasteiger charge is 2.21. The van der Waals surface area contributed by atoms with Crippen molar-refractivity contribution in [3.05, 3.63) is 34.4 Å². The first-order valence-electron chi connectivity index (χ1n) is 9.35. The number of hydrogen-bond donors (Lipinski definition) is 1. The number of halogens is 1. The van der Waals surface area contributed by atoms with E-state index in [9.17, 15) is 4.79 Å². The second-order valence-electron chi connectivity index (χ2n) is 7.04. The predicted molar refractivity (Wildman–Crippen MR) is 107 cm³/mol. The fourth-order valence-electron chi connectivity index (χ4n) is 3.69. The predicted octanol–water partition coefficient (Wildman–Crippen LogP) is 4.09. The first kappa shape index (κ1) is 18.5. The van der Waals surface area contributed by atoms with Crippen LogP contribution in [-0.2, 0) is 11.3 Å². The van der Waals surface area contributed by atoms with Gasteiger partial charge in [0.1, 0.15) is 6.54 Å². The van der Waals surface area contributed by atoms with Crippen LogP contribution in [0.4, 0.5) is 0 Å². The molecule has 1 aliphatic rings. The summed E-state index contributed by atoms with van der Waals surface area (Å²) < 4.78 is 3.19. The molecular weight excluding hydrogens is 378 g/mol. The lowest BCUT2D eigenvalue weighted by atomic mass is 10.0. The molecule has 1 aliphatic heterocycles. The summed E-state index contributed by atoms with van der Waals surface area (Å²) in [5.41, 5.74) is 2.21. The molecule has 1 fully saturated rings. The van der Waals surface area contributed by atoms with Gasteiger partial charge in [0.2, 0.25) is 5.91 Å². The Balaban J connectivity index is 1.58. The molecular formula is C20H28BrN3O. The molecule has 2 heterocycles. The van der Waals surface area contributed by atoms with Gasteiger partial charge in [-0.25, -0.2) is 0 Å². The number of nitrogens with one attached hydrogen (secondary N) is 1. The van der Waals surface area contributed by atoms with Crippen molar-refractivity contribution in [1.29, 1.82) is 0 Å². The fourth-order valence-corrected chi connectivity index (χ4v) is 4.24. The number of carbonyl (C=O) groups is 1. The lowest BCUT2D eigenvalue weighted by Crippen LogP contribution is -2.45. The van der Waals surface area contributed by atoms with Crippen LogP contribution in [0.1, 0.15) is 38.3 Å². The number of likely N-dealkylation sites (tertiary alicyclic amines) is 1. The third-order valence-electron chi connectivity index (χ3n) is 5.24. The number of aromatic nitrogens is 1. The maximum absolute atomic E-state index is 12.6. The van der Waals surface area contributed by atoms with E-state index in [2.05, 4.69) is 56.7 Å². The number of hydrogen-bond acceptors (Lipinski definition) is 2. The quantitative estimate of drug-likeness (QED) is 0.785. The standard InChI is InChI=1S/C20H28BrN3O/c1-3-4-11-23-12-9-16(10-13-23)22-19(25)14-24-15(2)20(21)17-7-5-6-8-18(17)24/h5-8,16H,3-4,9-14H2,1-2H3,(H,22,25). The van der Waals surface area contributed by atoms with Gasteiger partial charge in [-0.2, -0.15) is 0 Å². The van der Waals surface area contributed by atoms with Crippen molar-refractivity contribution in [2.45, 2.75) is 52.1 Å². The Hall–Kier alpha value is -1.33. The van der Waals surface area contributed by atoms with Gasteiger partial charge in [0.05, 0.1) is 0 Å². The third-order valence-corrected chi connectivity index (χ3v) is 6.24. The molecule has 0 atom stereocenters. The van der Waals surface area contributed by atoms with Crippen LogP contribution in [0.2, 0.25) is 0 Å². The van der Waals surface area contributed by atoms with Crippen molar-refractivity contribution in [1.82, 2.24) is 14.8 Å². The molecule has 4 nitrogen and oxygen atoms in total. The summed E-state index contributed by atoms with van der Waals surface area (Å²) in [5, 5.41) is 4.41. The second kappa shape index (κ2) is 8.37. The van der Waals surface area contributed by atoms with E-state index in [1.807, 2.05) is 12.1 Å². The Kier molecular flexibility index (Phi) is 6.18. The molecule has 0 unspecified atom stereocenters. The van der Waals surface area contributed by atoms with E-state index in [1.165, 1.54) is 19.4 Å². The molecule has 3 rings (SSSR count). The molecule has 25 heavy (non-hydrogen) atoms. The molecule has 0 bridgehead atoms. The normalized spacial score (nSPS) is 16.4. The maximum atomic E-state index is 12.6. The van der Waals surface area contributed by atoms with Gasteiger partial charge in [0.15, 0.2) is 0 Å². The number of rotatable bonds is 6. The lowest BCUT2D eigenvalue weighted by Gasteiger charge is -2.32. The number of piperidine rings is 1. The van der Waals surface area contributed by atoms with E-state index in [-0.39, 0.29) is 5.91 Å². The summed E-state index contributed by atoms with van der Waals surface area (Å²) in [6.45, 7) is 8.07. The van der Waals surface area contributed by atoms with Crippen LogP contribution in [-0.4, -0.2) is 41.1 Å². The third kappa shape index (κ3) is 4.26. The van der Waals surface area contributed by atoms with Crippen LogP contribution < -0.4 is 5.32 Å². The largest absolute Gasteiger partial charge is 0.352 e. The highest BCUT2D eigenvalue weighted by atomic mass is 79.9. The second-order valence-corrected chi connectivity index (χ2v) is 7.83. The minimum atomic E-state index is 0.114. The van der Waals surface area contributed by atoms with Crippen molar-refractivity contribution in [3.8, 4) is 0 Å². The van der Waals surface area contributed by atoms with Crippen molar-refractivity contribution < 1.29 is 4.79 Å². The zero-order valence-corrected chi connectivity index (χ0v) is 16.8. The molecule has 2 aromatic rings. The molecule has 0 saturated carbocycles. The van der Waals surface area contributed by atoms with E-state index >= 15 is 0 Å². The summed E-state index contributed by atoms with van der Waals surface area (Å²) in [6, 6.07) is 8.54. The van der Waals surface area contributed by atoms with E-state index < -0.39 is 0 Å². The summed E-state index contributed by atoms with van der Waals surface area (Å²) in [4.78, 5) is 15.1. The number of benzene rings is 1. The van der Waals surface area contributed by atoms with Crippen LogP contribution >= 0.6 is 15.9 Å². The van der Waals surface area contributed by atoms with E-state index in [4.69, 9.17) is 0 Å². The van der Waals surface area contributed by atoms with Crippen LogP contribution in [0.3, 0.4) is 0 Å². The number of unbranched alkanes of at least 4 members (excludes halogenated alkanes) is 1. The van der Waals surface area contributed by atoms with Gasteiger partial charge in [-0.1, -0.05) is 31.5 Å². The first-order valence-corrected chi connectivity index (χ1v) is 10.1. The van der Waals surface area contributed by atoms with Gasteiger partial charge in [0.25, 0.3) is 0 Å². The molecule has 1 N–H and O–H groups in total. The average molecular weight is 406 g/mol. The molecule has 0 spiro atoms. The first-order chi connectivity index (χ1) is 12.1. The van der Waals surface area contributed by atoms with Gasteiger partial charge >= 0.3 is 0 Å². The fraction of sp³-hybridized carbons (Fsp3) is 0.550. The molecule has 1 saturated heterocycles. The van der Waals surface area contributed by atoms with Crippen molar-refractivity contribution in [2.75, 3.05) is 19.6 Å². The van der Waals surface area contributed by atoms with Crippen molar-refractivity contribution >= 4 is 32.7 Å². The molecule has 1 amide bonds. The van der Waals surface area contributed by atoms with Crippen LogP contribution in [0.5, 0.6) is 0 Å². The molecule has 0 aliphatic carbocycles. The lowest BCUT2D eigenvalue weighted by molar-refractivity contribution is -0.122. The van der Waals surface area contributed by atoms with Gasteiger partial charge in [-0.15, -0.1) is 0 Å². The SMILES string of the molecule is CCCCN1CCC(NC(=O)Cn2c(C)c(Br)c3ccccc32)CC1.